The predicted molar refractivity (Wildman–Crippen MR) is 67.4 cm³/mol. The van der Waals surface area contributed by atoms with E-state index in [4.69, 9.17) is 0 Å². The van der Waals surface area contributed by atoms with Crippen LogP contribution in [0.3, 0.4) is 0 Å². The SMILES string of the molecule is CC(C)c1cnn(C2(C(=O)O)CC3(CCC3)C2)c1. The Hall–Kier alpha value is -1.32. The van der Waals surface area contributed by atoms with Crippen LogP contribution in [0.2, 0.25) is 0 Å². The van der Waals surface area contributed by atoms with Gasteiger partial charge in [-0.15, -0.1) is 0 Å². The maximum Gasteiger partial charge on any atom is 0.331 e. The van der Waals surface area contributed by atoms with Crippen LogP contribution in [0.1, 0.15) is 57.4 Å². The van der Waals surface area contributed by atoms with E-state index in [-0.39, 0.29) is 0 Å². The highest BCUT2D eigenvalue weighted by Gasteiger charge is 2.62. The van der Waals surface area contributed by atoms with Crippen molar-refractivity contribution >= 4 is 5.97 Å². The van der Waals surface area contributed by atoms with Crippen molar-refractivity contribution in [1.82, 2.24) is 9.78 Å². The molecule has 2 aliphatic carbocycles. The van der Waals surface area contributed by atoms with E-state index in [9.17, 15) is 9.90 Å². The number of aromatic nitrogens is 2. The van der Waals surface area contributed by atoms with Crippen molar-refractivity contribution in [2.45, 2.75) is 57.4 Å². The monoisotopic (exact) mass is 248 g/mol. The summed E-state index contributed by atoms with van der Waals surface area (Å²) in [6, 6.07) is 0. The Kier molecular flexibility index (Phi) is 2.34. The summed E-state index contributed by atoms with van der Waals surface area (Å²) in [5.41, 5.74) is 0.667. The molecule has 2 fully saturated rings. The number of carboxylic acids is 1. The Balaban J connectivity index is 1.88. The number of rotatable bonds is 3. The van der Waals surface area contributed by atoms with Gasteiger partial charge in [-0.05, 0) is 42.6 Å². The summed E-state index contributed by atoms with van der Waals surface area (Å²) in [6.07, 6.45) is 8.89. The lowest BCUT2D eigenvalue weighted by Crippen LogP contribution is -2.60. The molecular weight excluding hydrogens is 228 g/mol. The summed E-state index contributed by atoms with van der Waals surface area (Å²) in [5.74, 6) is -0.333. The standard InChI is InChI=1S/C14H20N2O2/c1-10(2)11-6-15-16(7-11)14(12(17)18)8-13(9-14)4-3-5-13/h6-7,10H,3-5,8-9H2,1-2H3,(H,17,18). The molecule has 0 atom stereocenters. The van der Waals surface area contributed by atoms with Crippen LogP contribution in [0.15, 0.2) is 12.4 Å². The Morgan fingerprint density at radius 2 is 2.11 bits per heavy atom. The van der Waals surface area contributed by atoms with E-state index in [0.29, 0.717) is 11.3 Å². The van der Waals surface area contributed by atoms with Crippen LogP contribution in [-0.4, -0.2) is 20.9 Å². The van der Waals surface area contributed by atoms with Crippen molar-refractivity contribution in [3.05, 3.63) is 18.0 Å². The maximum atomic E-state index is 11.7. The van der Waals surface area contributed by atoms with Crippen LogP contribution in [0.4, 0.5) is 0 Å². The molecule has 0 saturated heterocycles. The fraction of sp³-hybridized carbons (Fsp3) is 0.714. The Labute approximate surface area is 107 Å². The molecule has 0 bridgehead atoms. The van der Waals surface area contributed by atoms with Gasteiger partial charge in [0.2, 0.25) is 0 Å². The van der Waals surface area contributed by atoms with Crippen molar-refractivity contribution in [2.75, 3.05) is 0 Å². The van der Waals surface area contributed by atoms with Crippen molar-refractivity contribution in [3.8, 4) is 0 Å². The van der Waals surface area contributed by atoms with Gasteiger partial charge in [0, 0.05) is 6.20 Å². The van der Waals surface area contributed by atoms with Gasteiger partial charge in [-0.2, -0.15) is 5.10 Å². The molecular formula is C14H20N2O2. The average molecular weight is 248 g/mol. The molecule has 0 aromatic carbocycles. The molecule has 2 aliphatic rings. The molecule has 18 heavy (non-hydrogen) atoms. The van der Waals surface area contributed by atoms with Crippen molar-refractivity contribution < 1.29 is 9.90 Å². The minimum atomic E-state index is -0.770. The number of hydrogen-bond donors (Lipinski definition) is 1. The zero-order valence-electron chi connectivity index (χ0n) is 11.0. The number of carboxylic acid groups (broad SMARTS) is 1. The van der Waals surface area contributed by atoms with Crippen LogP contribution in [0.25, 0.3) is 0 Å². The second kappa shape index (κ2) is 3.59. The van der Waals surface area contributed by atoms with Gasteiger partial charge in [0.15, 0.2) is 5.54 Å². The first-order valence-electron chi connectivity index (χ1n) is 6.76. The van der Waals surface area contributed by atoms with E-state index >= 15 is 0 Å². The molecule has 1 aromatic rings. The highest BCUT2D eigenvalue weighted by molar-refractivity contribution is 5.78. The lowest BCUT2D eigenvalue weighted by atomic mass is 9.48. The fourth-order valence-corrected chi connectivity index (χ4v) is 3.50. The Bertz CT molecular complexity index is 478. The Morgan fingerprint density at radius 1 is 1.44 bits per heavy atom. The van der Waals surface area contributed by atoms with E-state index < -0.39 is 11.5 Å². The molecule has 0 radical (unpaired) electrons. The first kappa shape index (κ1) is 11.8. The first-order valence-corrected chi connectivity index (χ1v) is 6.76. The van der Waals surface area contributed by atoms with Gasteiger partial charge in [0.05, 0.1) is 6.20 Å². The lowest BCUT2D eigenvalue weighted by Gasteiger charge is -2.58. The van der Waals surface area contributed by atoms with Gasteiger partial charge in [0.1, 0.15) is 0 Å². The predicted octanol–water partition coefficient (Wildman–Crippen LogP) is 2.75. The summed E-state index contributed by atoms with van der Waals surface area (Å²) in [6.45, 7) is 4.20. The largest absolute Gasteiger partial charge is 0.479 e. The molecule has 0 amide bonds. The second-order valence-corrected chi connectivity index (χ2v) is 6.42. The van der Waals surface area contributed by atoms with Crippen LogP contribution in [-0.2, 0) is 10.3 Å². The highest BCUT2D eigenvalue weighted by atomic mass is 16.4. The minimum Gasteiger partial charge on any atom is -0.479 e. The van der Waals surface area contributed by atoms with Gasteiger partial charge >= 0.3 is 5.97 Å². The summed E-state index contributed by atoms with van der Waals surface area (Å²) < 4.78 is 1.70. The molecule has 4 nitrogen and oxygen atoms in total. The van der Waals surface area contributed by atoms with E-state index in [0.717, 1.165) is 18.4 Å². The number of hydrogen-bond acceptors (Lipinski definition) is 2. The summed E-state index contributed by atoms with van der Waals surface area (Å²) >= 11 is 0. The van der Waals surface area contributed by atoms with E-state index in [1.54, 1.807) is 10.9 Å². The third kappa shape index (κ3) is 1.44. The van der Waals surface area contributed by atoms with E-state index in [1.165, 1.54) is 19.3 Å². The van der Waals surface area contributed by atoms with Crippen molar-refractivity contribution in [3.63, 3.8) is 0 Å². The molecule has 2 saturated carbocycles. The molecule has 0 aliphatic heterocycles. The number of nitrogens with zero attached hydrogens (tertiary/aromatic N) is 2. The summed E-state index contributed by atoms with van der Waals surface area (Å²) in [4.78, 5) is 11.7. The average Bonchev–Trinajstić information content (AvgIpc) is 2.62. The quantitative estimate of drug-likeness (QED) is 0.894. The van der Waals surface area contributed by atoms with Crippen LogP contribution in [0, 0.1) is 5.41 Å². The molecule has 98 valence electrons. The smallest absolute Gasteiger partial charge is 0.331 e. The normalized spacial score (nSPS) is 23.7. The van der Waals surface area contributed by atoms with Crippen molar-refractivity contribution in [1.29, 1.82) is 0 Å². The topological polar surface area (TPSA) is 55.1 Å². The van der Waals surface area contributed by atoms with E-state index in [2.05, 4.69) is 18.9 Å². The fourth-order valence-electron chi connectivity index (χ4n) is 3.50. The molecule has 3 rings (SSSR count). The summed E-state index contributed by atoms with van der Waals surface area (Å²) in [7, 11) is 0. The zero-order chi connectivity index (χ0) is 13.0. The van der Waals surface area contributed by atoms with Crippen molar-refractivity contribution in [2.24, 2.45) is 5.41 Å². The third-order valence-corrected chi connectivity index (χ3v) is 4.85. The number of carbonyl (C=O) groups is 1. The van der Waals surface area contributed by atoms with Gasteiger partial charge in [0.25, 0.3) is 0 Å². The molecule has 1 spiro atoms. The lowest BCUT2D eigenvalue weighted by molar-refractivity contribution is -0.172. The third-order valence-electron chi connectivity index (χ3n) is 4.85. The number of aliphatic carboxylic acids is 1. The maximum absolute atomic E-state index is 11.7. The molecule has 1 N–H and O–H groups in total. The molecule has 0 unspecified atom stereocenters. The van der Waals surface area contributed by atoms with Crippen LogP contribution in [0.5, 0.6) is 0 Å². The van der Waals surface area contributed by atoms with Gasteiger partial charge in [-0.25, -0.2) is 4.79 Å². The van der Waals surface area contributed by atoms with Gasteiger partial charge in [-0.1, -0.05) is 20.3 Å². The molecule has 4 heteroatoms. The van der Waals surface area contributed by atoms with Crippen LogP contribution < -0.4 is 0 Å². The first-order chi connectivity index (χ1) is 8.47. The zero-order valence-corrected chi connectivity index (χ0v) is 11.0. The van der Waals surface area contributed by atoms with Crippen LogP contribution >= 0.6 is 0 Å². The van der Waals surface area contributed by atoms with Gasteiger partial charge < -0.3 is 5.11 Å². The molecule has 1 heterocycles. The highest BCUT2D eigenvalue weighted by Crippen LogP contribution is 2.63. The minimum absolute atomic E-state index is 0.322. The second-order valence-electron chi connectivity index (χ2n) is 6.42. The van der Waals surface area contributed by atoms with Gasteiger partial charge in [-0.3, -0.25) is 4.68 Å². The Morgan fingerprint density at radius 3 is 2.50 bits per heavy atom. The molecule has 1 aromatic heterocycles. The summed E-state index contributed by atoms with van der Waals surface area (Å²) in [5, 5.41) is 13.9. The van der Waals surface area contributed by atoms with E-state index in [1.807, 2.05) is 6.20 Å².